The first-order valence-electron chi connectivity index (χ1n) is 6.89. The number of anilines is 1. The molecule has 2 aromatic rings. The minimum absolute atomic E-state index is 0.0759. The maximum Gasteiger partial charge on any atom is 0.231 e. The molecule has 0 unspecified atom stereocenters. The van der Waals surface area contributed by atoms with Crippen molar-refractivity contribution in [1.82, 2.24) is 0 Å². The van der Waals surface area contributed by atoms with E-state index in [0.717, 1.165) is 29.0 Å². The van der Waals surface area contributed by atoms with Crippen molar-refractivity contribution in [3.63, 3.8) is 0 Å². The first-order valence-corrected chi connectivity index (χ1v) is 7.27. The second-order valence-corrected chi connectivity index (χ2v) is 5.47. The van der Waals surface area contributed by atoms with Gasteiger partial charge in [-0.05, 0) is 41.8 Å². The summed E-state index contributed by atoms with van der Waals surface area (Å²) in [6.07, 6.45) is 1.19. The summed E-state index contributed by atoms with van der Waals surface area (Å²) in [5.41, 5.74) is 3.00. The third-order valence-electron chi connectivity index (χ3n) is 3.78. The van der Waals surface area contributed by atoms with E-state index in [1.807, 2.05) is 47.4 Å². The van der Waals surface area contributed by atoms with Gasteiger partial charge in [-0.3, -0.25) is 4.79 Å². The summed E-state index contributed by atoms with van der Waals surface area (Å²) in [5, 5.41) is 0.639. The van der Waals surface area contributed by atoms with Crippen LogP contribution in [0.25, 0.3) is 0 Å². The molecule has 0 N–H and O–H groups in total. The van der Waals surface area contributed by atoms with Crippen LogP contribution in [0.4, 0.5) is 5.69 Å². The predicted octanol–water partition coefficient (Wildman–Crippen LogP) is 3.48. The lowest BCUT2D eigenvalue weighted by Gasteiger charge is -2.18. The molecule has 21 heavy (non-hydrogen) atoms. The lowest BCUT2D eigenvalue weighted by Crippen LogP contribution is -2.30. The maximum absolute atomic E-state index is 12.5. The van der Waals surface area contributed by atoms with Gasteiger partial charge in [-0.1, -0.05) is 29.8 Å². The van der Waals surface area contributed by atoms with E-state index in [9.17, 15) is 4.79 Å². The molecular formula is C17H16ClNO2. The third kappa shape index (κ3) is 2.74. The third-order valence-corrected chi connectivity index (χ3v) is 4.15. The Kier molecular flexibility index (Phi) is 3.84. The first kappa shape index (κ1) is 14.0. The van der Waals surface area contributed by atoms with Gasteiger partial charge in [0.2, 0.25) is 5.91 Å². The van der Waals surface area contributed by atoms with Crippen LogP contribution < -0.4 is 9.64 Å². The zero-order valence-corrected chi connectivity index (χ0v) is 12.6. The molecule has 3 rings (SSSR count). The number of methoxy groups -OCH3 is 1. The molecule has 0 bridgehead atoms. The Morgan fingerprint density at radius 3 is 2.86 bits per heavy atom. The highest BCUT2D eigenvalue weighted by Crippen LogP contribution is 2.32. The molecule has 4 heteroatoms. The molecule has 1 aliphatic rings. The van der Waals surface area contributed by atoms with Gasteiger partial charge in [0.25, 0.3) is 0 Å². The van der Waals surface area contributed by atoms with Crippen LogP contribution in [-0.2, 0) is 17.6 Å². The van der Waals surface area contributed by atoms with Crippen LogP contribution in [0.5, 0.6) is 5.75 Å². The molecule has 0 atom stereocenters. The number of nitrogens with zero attached hydrogens (tertiary/aromatic N) is 1. The maximum atomic E-state index is 12.5. The van der Waals surface area contributed by atoms with Crippen molar-refractivity contribution in [2.24, 2.45) is 0 Å². The number of halogens is 1. The molecule has 0 spiro atoms. The summed E-state index contributed by atoms with van der Waals surface area (Å²) in [4.78, 5) is 14.4. The molecule has 108 valence electrons. The molecule has 1 aliphatic heterocycles. The van der Waals surface area contributed by atoms with Crippen molar-refractivity contribution in [3.8, 4) is 5.75 Å². The molecule has 0 aromatic heterocycles. The number of benzene rings is 2. The summed E-state index contributed by atoms with van der Waals surface area (Å²) in [7, 11) is 1.65. The number of hydrogen-bond donors (Lipinski definition) is 0. The van der Waals surface area contributed by atoms with Crippen molar-refractivity contribution in [2.75, 3.05) is 18.6 Å². The van der Waals surface area contributed by atoms with E-state index >= 15 is 0 Å². The van der Waals surface area contributed by atoms with E-state index in [1.54, 1.807) is 7.11 Å². The van der Waals surface area contributed by atoms with Crippen molar-refractivity contribution >= 4 is 23.2 Å². The summed E-state index contributed by atoms with van der Waals surface area (Å²) in [5.74, 6) is 0.904. The Morgan fingerprint density at radius 2 is 2.10 bits per heavy atom. The Labute approximate surface area is 129 Å². The van der Waals surface area contributed by atoms with Crippen LogP contribution in [0.3, 0.4) is 0 Å². The average molecular weight is 302 g/mol. The number of amides is 1. The summed E-state index contributed by atoms with van der Waals surface area (Å²) >= 11 is 6.13. The van der Waals surface area contributed by atoms with Crippen LogP contribution in [0, 0.1) is 0 Å². The van der Waals surface area contributed by atoms with E-state index in [-0.39, 0.29) is 5.91 Å². The standard InChI is InChI=1S/C17H16ClNO2/c1-21-14-6-7-16-13(10-14)8-9-19(16)17(20)11-12-4-2-3-5-15(12)18/h2-7,10H,8-9,11H2,1H3. The van der Waals surface area contributed by atoms with Crippen molar-refractivity contribution in [3.05, 3.63) is 58.6 Å². The highest BCUT2D eigenvalue weighted by Gasteiger charge is 2.25. The van der Waals surface area contributed by atoms with Crippen LogP contribution >= 0.6 is 11.6 Å². The fourth-order valence-corrected chi connectivity index (χ4v) is 2.87. The van der Waals surface area contributed by atoms with Crippen LogP contribution in [0.2, 0.25) is 5.02 Å². The summed E-state index contributed by atoms with van der Waals surface area (Å²) < 4.78 is 5.23. The van der Waals surface area contributed by atoms with Gasteiger partial charge in [0.15, 0.2) is 0 Å². The number of hydrogen-bond acceptors (Lipinski definition) is 2. The quantitative estimate of drug-likeness (QED) is 0.868. The molecule has 0 saturated heterocycles. The van der Waals surface area contributed by atoms with Gasteiger partial charge in [-0.15, -0.1) is 0 Å². The lowest BCUT2D eigenvalue weighted by molar-refractivity contribution is -0.117. The Hall–Kier alpha value is -2.00. The van der Waals surface area contributed by atoms with E-state index < -0.39 is 0 Å². The Bertz CT molecular complexity index is 684. The minimum atomic E-state index is 0.0759. The van der Waals surface area contributed by atoms with Gasteiger partial charge in [0, 0.05) is 17.3 Å². The number of carbonyl (C=O) groups is 1. The second-order valence-electron chi connectivity index (χ2n) is 5.06. The molecular weight excluding hydrogens is 286 g/mol. The van der Waals surface area contributed by atoms with Gasteiger partial charge in [-0.2, -0.15) is 0 Å². The molecule has 2 aromatic carbocycles. The molecule has 0 aliphatic carbocycles. The normalized spacial score (nSPS) is 13.1. The SMILES string of the molecule is COc1ccc2c(c1)CCN2C(=O)Cc1ccccc1Cl. The lowest BCUT2D eigenvalue weighted by atomic mass is 10.1. The fourth-order valence-electron chi connectivity index (χ4n) is 2.66. The van der Waals surface area contributed by atoms with Gasteiger partial charge in [0.1, 0.15) is 5.75 Å². The topological polar surface area (TPSA) is 29.5 Å². The predicted molar refractivity (Wildman–Crippen MR) is 84.2 cm³/mol. The molecule has 1 amide bonds. The number of ether oxygens (including phenoxy) is 1. The van der Waals surface area contributed by atoms with Gasteiger partial charge < -0.3 is 9.64 Å². The molecule has 0 radical (unpaired) electrons. The number of carbonyl (C=O) groups excluding carboxylic acids is 1. The Balaban J connectivity index is 1.81. The van der Waals surface area contributed by atoms with E-state index in [2.05, 4.69) is 0 Å². The van der Waals surface area contributed by atoms with Gasteiger partial charge >= 0.3 is 0 Å². The van der Waals surface area contributed by atoms with E-state index in [4.69, 9.17) is 16.3 Å². The average Bonchev–Trinajstić information content (AvgIpc) is 2.92. The minimum Gasteiger partial charge on any atom is -0.497 e. The molecule has 0 fully saturated rings. The van der Waals surface area contributed by atoms with Crippen LogP contribution in [-0.4, -0.2) is 19.6 Å². The highest BCUT2D eigenvalue weighted by atomic mass is 35.5. The highest BCUT2D eigenvalue weighted by molar-refractivity contribution is 6.31. The molecule has 0 saturated carbocycles. The number of rotatable bonds is 3. The fraction of sp³-hybridized carbons (Fsp3) is 0.235. The van der Waals surface area contributed by atoms with Crippen molar-refractivity contribution in [1.29, 1.82) is 0 Å². The van der Waals surface area contributed by atoms with Crippen LogP contribution in [0.1, 0.15) is 11.1 Å². The largest absolute Gasteiger partial charge is 0.497 e. The van der Waals surface area contributed by atoms with Gasteiger partial charge in [0.05, 0.1) is 13.5 Å². The van der Waals surface area contributed by atoms with Crippen LogP contribution in [0.15, 0.2) is 42.5 Å². The van der Waals surface area contributed by atoms with Crippen molar-refractivity contribution < 1.29 is 9.53 Å². The first-order chi connectivity index (χ1) is 10.2. The van der Waals surface area contributed by atoms with Gasteiger partial charge in [-0.25, -0.2) is 0 Å². The second kappa shape index (κ2) is 5.78. The monoisotopic (exact) mass is 301 g/mol. The smallest absolute Gasteiger partial charge is 0.231 e. The van der Waals surface area contributed by atoms with Crippen molar-refractivity contribution in [2.45, 2.75) is 12.8 Å². The van der Waals surface area contributed by atoms with E-state index in [0.29, 0.717) is 18.0 Å². The molecule has 1 heterocycles. The molecule has 3 nitrogen and oxygen atoms in total. The number of fused-ring (bicyclic) bond motifs is 1. The zero-order valence-electron chi connectivity index (χ0n) is 11.8. The summed E-state index contributed by atoms with van der Waals surface area (Å²) in [6.45, 7) is 0.714. The van der Waals surface area contributed by atoms with E-state index in [1.165, 1.54) is 0 Å². The zero-order chi connectivity index (χ0) is 14.8. The summed E-state index contributed by atoms with van der Waals surface area (Å²) in [6, 6.07) is 13.3. The Morgan fingerprint density at radius 1 is 1.29 bits per heavy atom.